The maximum atomic E-state index is 11.7. The Morgan fingerprint density at radius 1 is 1.11 bits per heavy atom. The van der Waals surface area contributed by atoms with Crippen molar-refractivity contribution in [1.29, 1.82) is 0 Å². The average Bonchev–Trinajstić information content (AvgIpc) is 2.36. The normalized spacial score (nSPS) is 10.3. The number of rotatable bonds is 7. The highest BCUT2D eigenvalue weighted by Crippen LogP contribution is 2.24. The summed E-state index contributed by atoms with van der Waals surface area (Å²) in [5, 5.41) is 21.2. The quantitative estimate of drug-likeness (QED) is 0.302. The molecule has 18 heavy (non-hydrogen) atoms. The molecule has 0 aliphatic heterocycles. The van der Waals surface area contributed by atoms with Crippen LogP contribution in [0.15, 0.2) is 18.2 Å². The Morgan fingerprint density at radius 3 is 2.50 bits per heavy atom. The predicted molar refractivity (Wildman–Crippen MR) is 79.5 cm³/mol. The Hall–Kier alpha value is -0.980. The van der Waals surface area contributed by atoms with Gasteiger partial charge < -0.3 is 15.5 Å². The molecular weight excluding hydrogens is 345 g/mol. The highest BCUT2D eigenvalue weighted by atomic mass is 127. The van der Waals surface area contributed by atoms with Crippen LogP contribution in [0.2, 0.25) is 0 Å². The molecule has 0 bridgehead atoms. The molecule has 1 amide bonds. The number of amides is 1. The number of aromatic hydroxyl groups is 2. The van der Waals surface area contributed by atoms with Gasteiger partial charge in [0, 0.05) is 12.1 Å². The number of alkyl halides is 1. The van der Waals surface area contributed by atoms with Gasteiger partial charge >= 0.3 is 0 Å². The van der Waals surface area contributed by atoms with E-state index in [9.17, 15) is 9.90 Å². The molecule has 0 spiro atoms. The van der Waals surface area contributed by atoms with Gasteiger partial charge in [-0.3, -0.25) is 4.79 Å². The number of hydrogen-bond donors (Lipinski definition) is 3. The van der Waals surface area contributed by atoms with Crippen molar-refractivity contribution in [3.8, 4) is 11.5 Å². The monoisotopic (exact) mass is 363 g/mol. The number of unbranched alkanes of at least 4 members (excludes halogenated alkanes) is 3. The maximum absolute atomic E-state index is 11.7. The first-order chi connectivity index (χ1) is 8.65. The molecule has 0 fully saturated rings. The van der Waals surface area contributed by atoms with Gasteiger partial charge in [-0.25, -0.2) is 0 Å². The summed E-state index contributed by atoms with van der Waals surface area (Å²) < 4.78 is 1.18. The Balaban J connectivity index is 2.30. The molecule has 1 aromatic rings. The van der Waals surface area contributed by atoms with E-state index in [0.717, 1.165) is 12.8 Å². The van der Waals surface area contributed by atoms with Gasteiger partial charge in [-0.05, 0) is 35.5 Å². The van der Waals surface area contributed by atoms with E-state index < -0.39 is 0 Å². The molecule has 0 unspecified atom stereocenters. The third-order valence-corrected chi connectivity index (χ3v) is 3.35. The van der Waals surface area contributed by atoms with Crippen LogP contribution in [0.5, 0.6) is 11.5 Å². The van der Waals surface area contributed by atoms with Crippen LogP contribution >= 0.6 is 22.6 Å². The molecule has 100 valence electrons. The van der Waals surface area contributed by atoms with Crippen molar-refractivity contribution in [3.63, 3.8) is 0 Å². The molecule has 0 heterocycles. The number of carbonyl (C=O) groups is 1. The lowest BCUT2D eigenvalue weighted by Gasteiger charge is -2.06. The van der Waals surface area contributed by atoms with Crippen LogP contribution in [0.1, 0.15) is 36.0 Å². The van der Waals surface area contributed by atoms with E-state index in [4.69, 9.17) is 5.11 Å². The van der Waals surface area contributed by atoms with Crippen molar-refractivity contribution in [2.75, 3.05) is 11.0 Å². The van der Waals surface area contributed by atoms with Gasteiger partial charge in [0.25, 0.3) is 5.91 Å². The largest absolute Gasteiger partial charge is 0.504 e. The van der Waals surface area contributed by atoms with Crippen LogP contribution in [-0.4, -0.2) is 27.1 Å². The van der Waals surface area contributed by atoms with Crippen molar-refractivity contribution in [2.24, 2.45) is 0 Å². The minimum atomic E-state index is -0.273. The molecular formula is C13H18INO3. The Morgan fingerprint density at radius 2 is 1.83 bits per heavy atom. The molecule has 0 aromatic heterocycles. The second kappa shape index (κ2) is 8.18. The van der Waals surface area contributed by atoms with E-state index in [1.54, 1.807) is 0 Å². The summed E-state index contributed by atoms with van der Waals surface area (Å²) in [4.78, 5) is 11.7. The standard InChI is InChI=1S/C13H18INO3/c14-7-3-1-2-4-8-15-13(18)10-5-6-11(16)12(17)9-10/h5-6,9,16-17H,1-4,7-8H2,(H,15,18). The summed E-state index contributed by atoms with van der Waals surface area (Å²) in [6.07, 6.45) is 4.50. The predicted octanol–water partition coefficient (Wildman–Crippen LogP) is 2.82. The lowest BCUT2D eigenvalue weighted by atomic mass is 10.1. The van der Waals surface area contributed by atoms with Gasteiger partial charge in [0.05, 0.1) is 0 Å². The highest BCUT2D eigenvalue weighted by Gasteiger charge is 2.07. The molecule has 3 N–H and O–H groups in total. The number of benzene rings is 1. The fraction of sp³-hybridized carbons (Fsp3) is 0.462. The molecule has 0 saturated carbocycles. The minimum Gasteiger partial charge on any atom is -0.504 e. The number of hydrogen-bond acceptors (Lipinski definition) is 3. The van der Waals surface area contributed by atoms with E-state index in [2.05, 4.69) is 27.9 Å². The van der Waals surface area contributed by atoms with Crippen LogP contribution in [0.3, 0.4) is 0 Å². The number of carbonyl (C=O) groups excluding carboxylic acids is 1. The van der Waals surface area contributed by atoms with Crippen LogP contribution < -0.4 is 5.32 Å². The molecule has 0 saturated heterocycles. The number of halogens is 1. The summed E-state index contributed by atoms with van der Waals surface area (Å²) in [6.45, 7) is 0.641. The molecule has 0 radical (unpaired) electrons. The van der Waals surface area contributed by atoms with Crippen LogP contribution in [-0.2, 0) is 0 Å². The fourth-order valence-electron chi connectivity index (χ4n) is 1.54. The van der Waals surface area contributed by atoms with Crippen molar-refractivity contribution >= 4 is 28.5 Å². The zero-order valence-electron chi connectivity index (χ0n) is 10.2. The topological polar surface area (TPSA) is 69.6 Å². The van der Waals surface area contributed by atoms with Gasteiger partial charge in [0.2, 0.25) is 0 Å². The SMILES string of the molecule is O=C(NCCCCCCI)c1ccc(O)c(O)c1. The minimum absolute atomic E-state index is 0.217. The summed E-state index contributed by atoms with van der Waals surface area (Å²) in [7, 11) is 0. The fourth-order valence-corrected chi connectivity index (χ4v) is 2.08. The molecule has 0 aliphatic rings. The highest BCUT2D eigenvalue weighted by molar-refractivity contribution is 14.1. The summed E-state index contributed by atoms with van der Waals surface area (Å²) in [5.74, 6) is -0.714. The smallest absolute Gasteiger partial charge is 0.251 e. The van der Waals surface area contributed by atoms with Gasteiger partial charge in [0.1, 0.15) is 0 Å². The van der Waals surface area contributed by atoms with E-state index in [-0.39, 0.29) is 17.4 Å². The van der Waals surface area contributed by atoms with E-state index >= 15 is 0 Å². The molecule has 0 aliphatic carbocycles. The Bertz CT molecular complexity index is 396. The summed E-state index contributed by atoms with van der Waals surface area (Å²) in [5.41, 5.74) is 0.359. The van der Waals surface area contributed by atoms with Crippen molar-refractivity contribution < 1.29 is 15.0 Å². The Labute approximate surface area is 121 Å². The third-order valence-electron chi connectivity index (χ3n) is 2.58. The number of phenols is 2. The van der Waals surface area contributed by atoms with Gasteiger partial charge in [-0.15, -0.1) is 0 Å². The second-order valence-corrected chi connectivity index (χ2v) is 5.14. The van der Waals surface area contributed by atoms with Gasteiger partial charge in [-0.2, -0.15) is 0 Å². The first-order valence-corrected chi connectivity index (χ1v) is 7.54. The van der Waals surface area contributed by atoms with E-state index in [1.165, 1.54) is 35.5 Å². The van der Waals surface area contributed by atoms with Crippen LogP contribution in [0.25, 0.3) is 0 Å². The third kappa shape index (κ3) is 5.12. The first-order valence-electron chi connectivity index (χ1n) is 6.01. The van der Waals surface area contributed by atoms with Crippen molar-refractivity contribution in [2.45, 2.75) is 25.7 Å². The van der Waals surface area contributed by atoms with E-state index in [1.807, 2.05) is 0 Å². The summed E-state index contributed by atoms with van der Waals surface area (Å²) >= 11 is 2.36. The molecule has 4 nitrogen and oxygen atoms in total. The lowest BCUT2D eigenvalue weighted by molar-refractivity contribution is 0.0952. The first kappa shape index (κ1) is 15.1. The average molecular weight is 363 g/mol. The molecule has 1 aromatic carbocycles. The number of phenolic OH excluding ortho intramolecular Hbond substituents is 2. The second-order valence-electron chi connectivity index (χ2n) is 4.06. The van der Waals surface area contributed by atoms with Crippen LogP contribution in [0, 0.1) is 0 Å². The Kier molecular flexibility index (Phi) is 6.85. The number of nitrogens with one attached hydrogen (secondary N) is 1. The maximum Gasteiger partial charge on any atom is 0.251 e. The van der Waals surface area contributed by atoms with Gasteiger partial charge in [-0.1, -0.05) is 35.4 Å². The zero-order valence-corrected chi connectivity index (χ0v) is 12.3. The molecule has 0 atom stereocenters. The zero-order chi connectivity index (χ0) is 13.4. The molecule has 5 heteroatoms. The lowest BCUT2D eigenvalue weighted by Crippen LogP contribution is -2.24. The van der Waals surface area contributed by atoms with Gasteiger partial charge in [0.15, 0.2) is 11.5 Å². The van der Waals surface area contributed by atoms with Crippen LogP contribution in [0.4, 0.5) is 0 Å². The van der Waals surface area contributed by atoms with Crippen molar-refractivity contribution in [1.82, 2.24) is 5.32 Å². The summed E-state index contributed by atoms with van der Waals surface area (Å²) in [6, 6.07) is 4.06. The van der Waals surface area contributed by atoms with Crippen molar-refractivity contribution in [3.05, 3.63) is 23.8 Å². The van der Waals surface area contributed by atoms with E-state index in [0.29, 0.717) is 12.1 Å². The molecule has 1 rings (SSSR count).